The number of halogens is 2. The Morgan fingerprint density at radius 3 is 1.60 bits per heavy atom. The molecule has 14 nitrogen and oxygen atoms in total. The van der Waals surface area contributed by atoms with Crippen molar-refractivity contribution in [1.82, 2.24) is 0 Å². The van der Waals surface area contributed by atoms with Crippen LogP contribution in [0.1, 0.15) is 184 Å². The summed E-state index contributed by atoms with van der Waals surface area (Å²) in [6.07, 6.45) is 18.9. The van der Waals surface area contributed by atoms with E-state index in [2.05, 4.69) is 34.6 Å². The molecular formula is C61H84Cl2O14. The Balaban J connectivity index is 1.32. The molecule has 0 N–H and O–H groups in total. The minimum atomic E-state index is -0.994. The maximum atomic E-state index is 13.9. The zero-order valence-corrected chi connectivity index (χ0v) is 48.5. The van der Waals surface area contributed by atoms with E-state index >= 15 is 0 Å². The highest BCUT2D eigenvalue weighted by atomic mass is 35.5. The van der Waals surface area contributed by atoms with Crippen molar-refractivity contribution in [2.24, 2.45) is 58.2 Å². The van der Waals surface area contributed by atoms with Crippen LogP contribution in [0.2, 0.25) is 10.0 Å². The summed E-state index contributed by atoms with van der Waals surface area (Å²) in [7, 11) is 0. The molecule has 426 valence electrons. The molecule has 4 fully saturated rings. The molecule has 0 amide bonds. The first kappa shape index (κ1) is 61.4. The minimum absolute atomic E-state index is 0.0633. The fourth-order valence-corrected chi connectivity index (χ4v) is 14.6. The first-order valence-corrected chi connectivity index (χ1v) is 29.1. The van der Waals surface area contributed by atoms with Crippen LogP contribution in [-0.2, 0) is 47.6 Å². The lowest BCUT2D eigenvalue weighted by atomic mass is 9.44. The summed E-state index contributed by atoms with van der Waals surface area (Å²) >= 11 is 13.9. The molecule has 77 heavy (non-hydrogen) atoms. The molecule has 0 aliphatic heterocycles. The Bertz CT molecular complexity index is 2320. The number of ether oxygens (including phenoxy) is 8. The van der Waals surface area contributed by atoms with Crippen molar-refractivity contribution >= 4 is 64.6 Å². The fraction of sp³-hybridized carbons (Fsp3) is 0.672. The number of carbonyl (C=O) groups excluding carboxylic acids is 6. The van der Waals surface area contributed by atoms with Gasteiger partial charge >= 0.3 is 35.8 Å². The van der Waals surface area contributed by atoms with Crippen LogP contribution in [-0.4, -0.2) is 88.7 Å². The van der Waals surface area contributed by atoms with Crippen LogP contribution in [0.5, 0.6) is 11.5 Å². The van der Waals surface area contributed by atoms with Crippen LogP contribution in [0.15, 0.2) is 30.3 Å². The molecule has 1 unspecified atom stereocenters. The van der Waals surface area contributed by atoms with E-state index < -0.39 is 62.2 Å². The molecule has 6 rings (SSSR count). The van der Waals surface area contributed by atoms with E-state index in [1.165, 1.54) is 76.3 Å². The first-order valence-electron chi connectivity index (χ1n) is 28.4. The Hall–Kier alpha value is -4.82. The van der Waals surface area contributed by atoms with Crippen LogP contribution in [0.25, 0.3) is 5.57 Å². The molecule has 0 heterocycles. The summed E-state index contributed by atoms with van der Waals surface area (Å²) in [6, 6.07) is 6.02. The molecule has 0 spiro atoms. The summed E-state index contributed by atoms with van der Waals surface area (Å²) in [4.78, 5) is 77.5. The topological polar surface area (TPSA) is 176 Å². The predicted molar refractivity (Wildman–Crippen MR) is 294 cm³/mol. The molecule has 0 aromatic heterocycles. The average Bonchev–Trinajstić information content (AvgIpc) is 3.89. The number of hydrogen-bond donors (Lipinski definition) is 0. The van der Waals surface area contributed by atoms with Crippen molar-refractivity contribution in [2.45, 2.75) is 152 Å². The van der Waals surface area contributed by atoms with E-state index in [4.69, 9.17) is 61.1 Å². The van der Waals surface area contributed by atoms with Gasteiger partial charge in [-0.05, 0) is 197 Å². The van der Waals surface area contributed by atoms with E-state index in [-0.39, 0.29) is 59.1 Å². The summed E-state index contributed by atoms with van der Waals surface area (Å²) in [5.41, 5.74) is 1.53. The number of esters is 6. The van der Waals surface area contributed by atoms with Gasteiger partial charge in [-0.2, -0.15) is 0 Å². The van der Waals surface area contributed by atoms with Crippen molar-refractivity contribution in [3.63, 3.8) is 0 Å². The third-order valence-corrected chi connectivity index (χ3v) is 18.1. The second kappa shape index (κ2) is 28.4. The van der Waals surface area contributed by atoms with Crippen LogP contribution >= 0.6 is 23.2 Å². The molecule has 16 heteroatoms. The molecule has 0 saturated heterocycles. The normalized spacial score (nSPS) is 24.7. The molecule has 9 atom stereocenters. The highest BCUT2D eigenvalue weighted by Crippen LogP contribution is 2.69. The van der Waals surface area contributed by atoms with Gasteiger partial charge in [-0.25, -0.2) is 28.8 Å². The van der Waals surface area contributed by atoms with Gasteiger partial charge in [0.2, 0.25) is 0 Å². The maximum absolute atomic E-state index is 13.9. The van der Waals surface area contributed by atoms with Crippen molar-refractivity contribution < 1.29 is 66.7 Å². The summed E-state index contributed by atoms with van der Waals surface area (Å²) < 4.78 is 42.5. The Kier molecular flexibility index (Phi) is 22.6. The fourth-order valence-electron chi connectivity index (χ4n) is 14.1. The third-order valence-electron chi connectivity index (χ3n) is 17.6. The van der Waals surface area contributed by atoms with E-state index in [0.717, 1.165) is 54.8 Å². The van der Waals surface area contributed by atoms with Gasteiger partial charge in [0.25, 0.3) is 0 Å². The Morgan fingerprint density at radius 1 is 0.597 bits per heavy atom. The highest BCUT2D eigenvalue weighted by molar-refractivity contribution is 6.33. The lowest BCUT2D eigenvalue weighted by Crippen LogP contribution is -2.53. The molecule has 2 aromatic carbocycles. The Morgan fingerprint density at radius 2 is 1.09 bits per heavy atom. The van der Waals surface area contributed by atoms with E-state index in [1.54, 1.807) is 39.8 Å². The monoisotopic (exact) mass is 1110 g/mol. The number of allylic oxidation sites excluding steroid dienone is 1. The summed E-state index contributed by atoms with van der Waals surface area (Å²) in [6.45, 7) is 16.7. The predicted octanol–water partition coefficient (Wildman–Crippen LogP) is 13.3. The SMILES string of the molecule is CCOC(=O)COC(=O)c1cc(C(=CCC[C@H]2CC[C@@]3(C)[C@@H](CC[C@@H]4[C@@H]3CC[C@]3(C)[C@@H](C(C)CCCC(C)C)CC[C@@H]43)C2)c2cc(Cl)c(OCC(=O)OCC)c(C(=O)OCC(=O)OCC)c2)cc(Cl)c1OCC(=O)OCC. The van der Waals surface area contributed by atoms with E-state index in [9.17, 15) is 28.8 Å². The lowest BCUT2D eigenvalue weighted by molar-refractivity contribution is -0.147. The lowest BCUT2D eigenvalue weighted by Gasteiger charge is -2.61. The zero-order chi connectivity index (χ0) is 56.0. The summed E-state index contributed by atoms with van der Waals surface area (Å²) in [5.74, 6) is 0.460. The summed E-state index contributed by atoms with van der Waals surface area (Å²) in [5, 5.41) is -0.158. The van der Waals surface area contributed by atoms with Gasteiger partial charge in [0.1, 0.15) is 11.1 Å². The largest absolute Gasteiger partial charge is 0.479 e. The zero-order valence-electron chi connectivity index (χ0n) is 47.0. The van der Waals surface area contributed by atoms with Gasteiger partial charge in [0, 0.05) is 0 Å². The van der Waals surface area contributed by atoms with E-state index in [1.807, 2.05) is 6.08 Å². The van der Waals surface area contributed by atoms with Crippen LogP contribution in [0.3, 0.4) is 0 Å². The minimum Gasteiger partial charge on any atom is -0.479 e. The number of hydrogen-bond acceptors (Lipinski definition) is 14. The highest BCUT2D eigenvalue weighted by Gasteiger charge is 2.60. The number of benzene rings is 2. The standard InChI is InChI=1S/C61H84Cl2O14/c1-10-70-52(64)33-74-56-45(58(68)76-35-54(66)72-12-3)29-40(31-50(56)62)43(41-30-46(59(69)77-36-55(67)73-13-4)57(51(63)32-41)75-34-53(65)71-11-2)19-15-18-39-24-26-60(8)42(28-39)20-21-44-48-23-22-47(38(7)17-14-16-37(5)6)61(48,9)27-25-49(44)60/h19,29-32,37-39,42,44,47-49H,10-18,20-28,33-36H2,1-9H3/t38?,39-,42-,44-,47+,48-,49-,60-,61+/m0/s1. The number of rotatable bonds is 26. The van der Waals surface area contributed by atoms with Gasteiger partial charge in [-0.1, -0.05) is 83.2 Å². The average molecular weight is 1110 g/mol. The van der Waals surface area contributed by atoms with Crippen molar-refractivity contribution in [3.05, 3.63) is 62.6 Å². The first-order chi connectivity index (χ1) is 36.8. The van der Waals surface area contributed by atoms with Crippen LogP contribution in [0, 0.1) is 58.2 Å². The number of carbonyl (C=O) groups is 6. The molecule has 4 aliphatic rings. The molecular weight excluding hydrogens is 1030 g/mol. The quantitative estimate of drug-likeness (QED) is 0.0642. The van der Waals surface area contributed by atoms with Gasteiger partial charge in [-0.3, -0.25) is 0 Å². The smallest absolute Gasteiger partial charge is 0.344 e. The third kappa shape index (κ3) is 15.3. The van der Waals surface area contributed by atoms with Crippen molar-refractivity contribution in [2.75, 3.05) is 52.9 Å². The molecule has 0 radical (unpaired) electrons. The second-order valence-electron chi connectivity index (χ2n) is 22.6. The van der Waals surface area contributed by atoms with Crippen molar-refractivity contribution in [1.29, 1.82) is 0 Å². The maximum Gasteiger partial charge on any atom is 0.344 e. The number of fused-ring (bicyclic) bond motifs is 5. The second-order valence-corrected chi connectivity index (χ2v) is 23.5. The molecule has 4 saturated carbocycles. The molecule has 4 aliphatic carbocycles. The Labute approximate surface area is 466 Å². The van der Waals surface area contributed by atoms with Gasteiger partial charge in [0.05, 0.1) is 36.5 Å². The van der Waals surface area contributed by atoms with Gasteiger partial charge < -0.3 is 37.9 Å². The van der Waals surface area contributed by atoms with E-state index in [0.29, 0.717) is 45.8 Å². The van der Waals surface area contributed by atoms with Crippen LogP contribution in [0.4, 0.5) is 0 Å². The van der Waals surface area contributed by atoms with Crippen LogP contribution < -0.4 is 9.47 Å². The molecule has 2 aromatic rings. The van der Waals surface area contributed by atoms with Crippen molar-refractivity contribution in [3.8, 4) is 11.5 Å². The molecule has 0 bridgehead atoms. The van der Waals surface area contributed by atoms with Gasteiger partial charge in [0.15, 0.2) is 37.9 Å². The van der Waals surface area contributed by atoms with Gasteiger partial charge in [-0.15, -0.1) is 0 Å².